The number of hydrogen-bond donors (Lipinski definition) is 0. The fourth-order valence-corrected chi connectivity index (χ4v) is 0.500. The van der Waals surface area contributed by atoms with Gasteiger partial charge in [-0.05, 0) is 33.7 Å². The summed E-state index contributed by atoms with van der Waals surface area (Å²) in [7, 11) is 0. The summed E-state index contributed by atoms with van der Waals surface area (Å²) in [6, 6.07) is 0. The number of halogens is 3. The quantitative estimate of drug-likeness (QED) is 0.476. The molecule has 0 heterocycles. The summed E-state index contributed by atoms with van der Waals surface area (Å²) in [6.07, 6.45) is 5.54. The van der Waals surface area contributed by atoms with Gasteiger partial charge in [0, 0.05) is 0 Å². The second-order valence-electron chi connectivity index (χ2n) is 2.11. The van der Waals surface area contributed by atoms with E-state index in [2.05, 4.69) is 47.6 Å². The molecule has 5 heteroatoms. The standard InChI is InChI=1S/C6H14.Cl3OP/c1-3-5-6-4-2;1-5(2,3)4/h3-6H2,1-2H3;. The van der Waals surface area contributed by atoms with Crippen LogP contribution in [-0.4, -0.2) is 0 Å². The molecule has 0 aromatic carbocycles. The average molecular weight is 240 g/mol. The maximum Gasteiger partial charge on any atom is 0.339 e. The smallest absolute Gasteiger partial charge is 0.271 e. The van der Waals surface area contributed by atoms with Gasteiger partial charge in [0.2, 0.25) is 0 Å². The van der Waals surface area contributed by atoms with Crippen LogP contribution < -0.4 is 0 Å². The Balaban J connectivity index is 0. The van der Waals surface area contributed by atoms with Gasteiger partial charge in [-0.25, -0.2) is 0 Å². The monoisotopic (exact) mass is 238 g/mol. The van der Waals surface area contributed by atoms with Gasteiger partial charge in [-0.3, -0.25) is 4.57 Å². The summed E-state index contributed by atoms with van der Waals surface area (Å²) in [6.45, 7) is 4.46. The van der Waals surface area contributed by atoms with Gasteiger partial charge in [-0.1, -0.05) is 39.5 Å². The van der Waals surface area contributed by atoms with Crippen molar-refractivity contribution in [2.75, 3.05) is 0 Å². The van der Waals surface area contributed by atoms with Crippen LogP contribution in [0.15, 0.2) is 0 Å². The van der Waals surface area contributed by atoms with Crippen molar-refractivity contribution in [3.63, 3.8) is 0 Å². The summed E-state index contributed by atoms with van der Waals surface area (Å²) in [4.78, 5) is 0. The van der Waals surface area contributed by atoms with Crippen LogP contribution in [0.2, 0.25) is 0 Å². The lowest BCUT2D eigenvalue weighted by atomic mass is 10.2. The van der Waals surface area contributed by atoms with E-state index in [4.69, 9.17) is 0 Å². The van der Waals surface area contributed by atoms with Gasteiger partial charge in [0.25, 0.3) is 0 Å². The van der Waals surface area contributed by atoms with Crippen LogP contribution in [0.5, 0.6) is 0 Å². The topological polar surface area (TPSA) is 17.1 Å². The van der Waals surface area contributed by atoms with Gasteiger partial charge in [0.05, 0.1) is 0 Å². The number of rotatable bonds is 3. The highest BCUT2D eigenvalue weighted by Crippen LogP contribution is 2.61. The zero-order valence-corrected chi connectivity index (χ0v) is 9.98. The van der Waals surface area contributed by atoms with Gasteiger partial charge < -0.3 is 0 Å². The maximum atomic E-state index is 9.51. The van der Waals surface area contributed by atoms with Crippen molar-refractivity contribution >= 4 is 38.9 Å². The molecular weight excluding hydrogens is 225 g/mol. The second kappa shape index (κ2) is 9.19. The Labute approximate surface area is 83.1 Å². The third-order valence-electron chi connectivity index (χ3n) is 0.957. The Morgan fingerprint density at radius 3 is 1.27 bits per heavy atom. The normalized spacial score (nSPS) is 10.3. The van der Waals surface area contributed by atoms with E-state index >= 15 is 0 Å². The molecule has 0 bridgehead atoms. The third-order valence-corrected chi connectivity index (χ3v) is 0.957. The van der Waals surface area contributed by atoms with Crippen LogP contribution in [0.3, 0.4) is 0 Å². The Hall–Kier alpha value is 1.10. The first-order valence-corrected chi connectivity index (χ1v) is 8.03. The van der Waals surface area contributed by atoms with Crippen molar-refractivity contribution in [1.29, 1.82) is 0 Å². The van der Waals surface area contributed by atoms with Crippen molar-refractivity contribution < 1.29 is 4.57 Å². The molecule has 0 amide bonds. The largest absolute Gasteiger partial charge is 0.339 e. The van der Waals surface area contributed by atoms with E-state index in [0.717, 1.165) is 0 Å². The van der Waals surface area contributed by atoms with E-state index in [1.165, 1.54) is 25.7 Å². The number of hydrogen-bond acceptors (Lipinski definition) is 1. The van der Waals surface area contributed by atoms with Crippen LogP contribution in [-0.2, 0) is 4.57 Å². The summed E-state index contributed by atoms with van der Waals surface area (Å²) in [5.74, 6) is 0. The molecule has 0 aliphatic rings. The maximum absolute atomic E-state index is 9.51. The first-order chi connectivity index (χ1) is 4.91. The Kier molecular flexibility index (Phi) is 12.2. The zero-order chi connectivity index (χ0) is 9.33. The second-order valence-corrected chi connectivity index (χ2v) is 8.75. The highest BCUT2D eigenvalue weighted by Gasteiger charge is 2.02. The molecule has 0 N–H and O–H groups in total. The van der Waals surface area contributed by atoms with Gasteiger partial charge in [-0.15, -0.1) is 0 Å². The molecule has 70 valence electrons. The fraction of sp³-hybridized carbons (Fsp3) is 1.00. The van der Waals surface area contributed by atoms with E-state index in [1.54, 1.807) is 0 Å². The van der Waals surface area contributed by atoms with Crippen molar-refractivity contribution in [2.45, 2.75) is 39.5 Å². The van der Waals surface area contributed by atoms with E-state index in [0.29, 0.717) is 0 Å². The van der Waals surface area contributed by atoms with E-state index < -0.39 is 5.20 Å². The number of unbranched alkanes of at least 4 members (excludes halogenated alkanes) is 3. The molecule has 0 aliphatic carbocycles. The van der Waals surface area contributed by atoms with Crippen LogP contribution >= 0.6 is 38.9 Å². The van der Waals surface area contributed by atoms with Crippen LogP contribution in [0.25, 0.3) is 0 Å². The minimum atomic E-state index is -3.22. The molecule has 0 radical (unpaired) electrons. The molecule has 0 spiro atoms. The SMILES string of the molecule is CCCCCC.O=P(Cl)(Cl)Cl. The van der Waals surface area contributed by atoms with E-state index in [-0.39, 0.29) is 0 Å². The minimum Gasteiger partial charge on any atom is -0.271 e. The van der Waals surface area contributed by atoms with Crippen LogP contribution in [0, 0.1) is 0 Å². The van der Waals surface area contributed by atoms with Crippen molar-refractivity contribution in [3.05, 3.63) is 0 Å². The highest BCUT2D eigenvalue weighted by atomic mass is 36.0. The molecule has 0 fully saturated rings. The minimum absolute atomic E-state index is 1.36. The van der Waals surface area contributed by atoms with Gasteiger partial charge in [-0.2, -0.15) is 0 Å². The van der Waals surface area contributed by atoms with Crippen molar-refractivity contribution in [3.8, 4) is 0 Å². The molecule has 11 heavy (non-hydrogen) atoms. The molecule has 0 aliphatic heterocycles. The molecule has 0 rings (SSSR count). The molecule has 0 saturated carbocycles. The lowest BCUT2D eigenvalue weighted by Gasteiger charge is -1.86. The Bertz CT molecular complexity index is 100. The lowest BCUT2D eigenvalue weighted by Crippen LogP contribution is -1.66. The molecule has 0 saturated heterocycles. The van der Waals surface area contributed by atoms with Crippen LogP contribution in [0.1, 0.15) is 39.5 Å². The predicted octanol–water partition coefficient (Wildman–Crippen LogP) is 5.40. The summed E-state index contributed by atoms with van der Waals surface area (Å²) in [5.41, 5.74) is 0. The molecular formula is C6H14Cl3OP. The van der Waals surface area contributed by atoms with Crippen molar-refractivity contribution in [1.82, 2.24) is 0 Å². The Morgan fingerprint density at radius 2 is 1.18 bits per heavy atom. The lowest BCUT2D eigenvalue weighted by molar-refractivity contribution is 0.600. The zero-order valence-electron chi connectivity index (χ0n) is 6.82. The van der Waals surface area contributed by atoms with Gasteiger partial charge in [0.15, 0.2) is 0 Å². The van der Waals surface area contributed by atoms with Crippen LogP contribution in [0.4, 0.5) is 0 Å². The third kappa shape index (κ3) is 54.7. The molecule has 1 nitrogen and oxygen atoms in total. The fourth-order valence-electron chi connectivity index (χ4n) is 0.500. The molecule has 0 unspecified atom stereocenters. The first kappa shape index (κ1) is 14.6. The summed E-state index contributed by atoms with van der Waals surface area (Å²) < 4.78 is 9.51. The van der Waals surface area contributed by atoms with Gasteiger partial charge >= 0.3 is 5.20 Å². The molecule has 0 atom stereocenters. The van der Waals surface area contributed by atoms with E-state index in [9.17, 15) is 4.57 Å². The summed E-state index contributed by atoms with van der Waals surface area (Å²) >= 11 is 13.8. The Morgan fingerprint density at radius 1 is 1.00 bits per heavy atom. The predicted molar refractivity (Wildman–Crippen MR) is 55.0 cm³/mol. The van der Waals surface area contributed by atoms with E-state index in [1.807, 2.05) is 0 Å². The first-order valence-electron chi connectivity index (χ1n) is 3.60. The van der Waals surface area contributed by atoms with Gasteiger partial charge in [0.1, 0.15) is 0 Å². The highest BCUT2D eigenvalue weighted by molar-refractivity contribution is 8.24. The average Bonchev–Trinajstić information content (AvgIpc) is 1.79. The molecule has 0 aromatic rings. The molecule has 0 aromatic heterocycles. The van der Waals surface area contributed by atoms with Crippen molar-refractivity contribution in [2.24, 2.45) is 0 Å². The summed E-state index contributed by atoms with van der Waals surface area (Å²) in [5, 5.41) is -3.22.